The Bertz CT molecular complexity index is 832. The lowest BCUT2D eigenvalue weighted by molar-refractivity contribution is -0.302. The molecular formula is C46H91NO8. The molecule has 55 heavy (non-hydrogen) atoms. The maximum atomic E-state index is 12.8. The van der Waals surface area contributed by atoms with Crippen molar-refractivity contribution in [1.82, 2.24) is 5.32 Å². The third kappa shape index (κ3) is 28.3. The van der Waals surface area contributed by atoms with Crippen LogP contribution < -0.4 is 5.32 Å². The van der Waals surface area contributed by atoms with Crippen molar-refractivity contribution in [1.29, 1.82) is 0 Å². The second-order valence-electron chi connectivity index (χ2n) is 16.9. The number of amides is 1. The van der Waals surface area contributed by atoms with Crippen LogP contribution in [0.5, 0.6) is 0 Å². The second-order valence-corrected chi connectivity index (χ2v) is 16.9. The van der Waals surface area contributed by atoms with Gasteiger partial charge in [0.1, 0.15) is 24.4 Å². The van der Waals surface area contributed by atoms with Gasteiger partial charge in [-0.15, -0.1) is 0 Å². The zero-order valence-electron chi connectivity index (χ0n) is 36.0. The summed E-state index contributed by atoms with van der Waals surface area (Å²) in [4.78, 5) is 12.8. The van der Waals surface area contributed by atoms with Crippen LogP contribution in [0.1, 0.15) is 232 Å². The monoisotopic (exact) mass is 786 g/mol. The van der Waals surface area contributed by atoms with Gasteiger partial charge in [-0.05, 0) is 12.8 Å². The molecule has 0 saturated carbocycles. The summed E-state index contributed by atoms with van der Waals surface area (Å²) in [5, 5.41) is 54.2. The summed E-state index contributed by atoms with van der Waals surface area (Å²) in [6.45, 7) is 3.80. The Morgan fingerprint density at radius 3 is 1.29 bits per heavy atom. The zero-order valence-corrected chi connectivity index (χ0v) is 36.0. The summed E-state index contributed by atoms with van der Waals surface area (Å²) in [7, 11) is 0. The van der Waals surface area contributed by atoms with Crippen LogP contribution in [0.25, 0.3) is 0 Å². The van der Waals surface area contributed by atoms with E-state index >= 15 is 0 Å². The van der Waals surface area contributed by atoms with Crippen LogP contribution in [0.15, 0.2) is 0 Å². The summed E-state index contributed by atoms with van der Waals surface area (Å²) in [5.74, 6) is -0.148. The van der Waals surface area contributed by atoms with E-state index in [9.17, 15) is 30.3 Å². The van der Waals surface area contributed by atoms with Gasteiger partial charge in [0.15, 0.2) is 6.29 Å². The van der Waals surface area contributed by atoms with Crippen molar-refractivity contribution in [3.63, 3.8) is 0 Å². The van der Waals surface area contributed by atoms with Crippen LogP contribution in [0.2, 0.25) is 0 Å². The lowest BCUT2D eigenvalue weighted by Gasteiger charge is -2.40. The molecule has 0 aromatic carbocycles. The van der Waals surface area contributed by atoms with E-state index in [0.717, 1.165) is 38.5 Å². The van der Waals surface area contributed by atoms with Crippen molar-refractivity contribution >= 4 is 5.91 Å². The highest BCUT2D eigenvalue weighted by Crippen LogP contribution is 2.23. The molecule has 0 aromatic rings. The SMILES string of the molecule is CCCCCCCCCCCCCCCCCCCCCCCCCCCC(O)C(COC1OC(CO)C(O)C(O)C1O)NC(=O)CCCCCCCCC. The van der Waals surface area contributed by atoms with Crippen molar-refractivity contribution in [2.45, 2.75) is 275 Å². The van der Waals surface area contributed by atoms with Crippen LogP contribution in [-0.2, 0) is 14.3 Å². The third-order valence-corrected chi connectivity index (χ3v) is 11.7. The van der Waals surface area contributed by atoms with Gasteiger partial charge in [0.25, 0.3) is 0 Å². The minimum atomic E-state index is -1.55. The van der Waals surface area contributed by atoms with Crippen molar-refractivity contribution in [2.75, 3.05) is 13.2 Å². The highest BCUT2D eigenvalue weighted by Gasteiger charge is 2.44. The summed E-state index contributed by atoms with van der Waals surface area (Å²) >= 11 is 0. The fourth-order valence-electron chi connectivity index (χ4n) is 7.87. The van der Waals surface area contributed by atoms with Gasteiger partial charge in [0, 0.05) is 6.42 Å². The Hall–Kier alpha value is -0.810. The van der Waals surface area contributed by atoms with E-state index < -0.39 is 49.5 Å². The quantitative estimate of drug-likeness (QED) is 0.0337. The van der Waals surface area contributed by atoms with Gasteiger partial charge in [0.05, 0.1) is 25.4 Å². The Balaban J connectivity index is 2.15. The highest BCUT2D eigenvalue weighted by molar-refractivity contribution is 5.76. The molecule has 0 radical (unpaired) electrons. The smallest absolute Gasteiger partial charge is 0.220 e. The molecule has 9 nitrogen and oxygen atoms in total. The Kier molecular flexibility index (Phi) is 35.6. The number of rotatable bonds is 40. The first kappa shape index (κ1) is 52.2. The molecule has 1 saturated heterocycles. The molecule has 6 N–H and O–H groups in total. The van der Waals surface area contributed by atoms with Crippen molar-refractivity contribution in [3.8, 4) is 0 Å². The highest BCUT2D eigenvalue weighted by atomic mass is 16.7. The number of carbonyl (C=O) groups is 1. The van der Waals surface area contributed by atoms with Gasteiger partial charge in [-0.1, -0.05) is 213 Å². The standard InChI is InChI=1S/C46H91NO8/c1-3-5-7-9-11-12-13-14-15-16-17-18-19-20-21-22-23-24-25-26-27-28-30-31-33-35-40(49)39(47-42(50)36-34-32-29-10-8-6-4-2)38-54-46-45(53)44(52)43(51)41(37-48)55-46/h39-41,43-46,48-49,51-53H,3-38H2,1-2H3,(H,47,50). The number of hydrogen-bond acceptors (Lipinski definition) is 8. The molecule has 0 aliphatic carbocycles. The first-order valence-electron chi connectivity index (χ1n) is 23.7. The molecule has 1 fully saturated rings. The molecule has 1 aliphatic rings. The molecule has 0 bridgehead atoms. The van der Waals surface area contributed by atoms with Crippen LogP contribution in [0, 0.1) is 0 Å². The number of aliphatic hydroxyl groups excluding tert-OH is 5. The van der Waals surface area contributed by atoms with E-state index in [2.05, 4.69) is 19.2 Å². The molecule has 1 amide bonds. The van der Waals surface area contributed by atoms with Crippen molar-refractivity contribution < 1.29 is 39.8 Å². The molecule has 328 valence electrons. The van der Waals surface area contributed by atoms with Crippen molar-refractivity contribution in [3.05, 3.63) is 0 Å². The normalized spacial score (nSPS) is 21.2. The number of carbonyl (C=O) groups excluding carboxylic acids is 1. The van der Waals surface area contributed by atoms with E-state index in [1.165, 1.54) is 167 Å². The number of aliphatic hydroxyl groups is 5. The predicted molar refractivity (Wildman–Crippen MR) is 226 cm³/mol. The summed E-state index contributed by atoms with van der Waals surface area (Å²) in [6.07, 6.45) is 34.4. The number of ether oxygens (including phenoxy) is 2. The maximum Gasteiger partial charge on any atom is 0.220 e. The zero-order chi connectivity index (χ0) is 40.2. The number of hydrogen-bond donors (Lipinski definition) is 6. The third-order valence-electron chi connectivity index (χ3n) is 11.7. The number of unbranched alkanes of at least 4 members (excludes halogenated alkanes) is 30. The molecule has 1 heterocycles. The fourth-order valence-corrected chi connectivity index (χ4v) is 7.87. The van der Waals surface area contributed by atoms with Gasteiger partial charge >= 0.3 is 0 Å². The second kappa shape index (κ2) is 37.5. The molecule has 9 heteroatoms. The van der Waals surface area contributed by atoms with Crippen LogP contribution in [0.3, 0.4) is 0 Å². The van der Waals surface area contributed by atoms with Crippen LogP contribution in [-0.4, -0.2) is 87.5 Å². The van der Waals surface area contributed by atoms with Gasteiger partial charge in [0.2, 0.25) is 5.91 Å². The summed E-state index contributed by atoms with van der Waals surface area (Å²) in [5.41, 5.74) is 0. The van der Waals surface area contributed by atoms with Crippen molar-refractivity contribution in [2.24, 2.45) is 0 Å². The Morgan fingerprint density at radius 2 is 0.909 bits per heavy atom. The molecule has 1 aliphatic heterocycles. The topological polar surface area (TPSA) is 149 Å². The largest absolute Gasteiger partial charge is 0.394 e. The molecule has 1 rings (SSSR count). The Labute approximate surface area is 338 Å². The van der Waals surface area contributed by atoms with Gasteiger partial charge < -0.3 is 40.3 Å². The summed E-state index contributed by atoms with van der Waals surface area (Å²) in [6, 6.07) is -0.709. The van der Waals surface area contributed by atoms with Crippen LogP contribution in [0.4, 0.5) is 0 Å². The van der Waals surface area contributed by atoms with E-state index in [0.29, 0.717) is 12.8 Å². The van der Waals surface area contributed by atoms with Gasteiger partial charge in [-0.2, -0.15) is 0 Å². The van der Waals surface area contributed by atoms with E-state index in [4.69, 9.17) is 9.47 Å². The molecular weight excluding hydrogens is 695 g/mol. The minimum absolute atomic E-state index is 0.133. The fraction of sp³-hybridized carbons (Fsp3) is 0.978. The molecule has 0 spiro atoms. The minimum Gasteiger partial charge on any atom is -0.394 e. The average Bonchev–Trinajstić information content (AvgIpc) is 3.18. The lowest BCUT2D eigenvalue weighted by Crippen LogP contribution is -2.60. The average molecular weight is 786 g/mol. The molecule has 0 aromatic heterocycles. The predicted octanol–water partition coefficient (Wildman–Crippen LogP) is 9.95. The van der Waals surface area contributed by atoms with E-state index in [1.807, 2.05) is 0 Å². The Morgan fingerprint density at radius 1 is 0.545 bits per heavy atom. The maximum absolute atomic E-state index is 12.8. The number of nitrogens with one attached hydrogen (secondary N) is 1. The van der Waals surface area contributed by atoms with Gasteiger partial charge in [-0.3, -0.25) is 4.79 Å². The first-order chi connectivity index (χ1) is 26.8. The molecule has 7 unspecified atom stereocenters. The first-order valence-corrected chi connectivity index (χ1v) is 23.7. The van der Waals surface area contributed by atoms with Crippen LogP contribution >= 0.6 is 0 Å². The van der Waals surface area contributed by atoms with Gasteiger partial charge in [-0.25, -0.2) is 0 Å². The summed E-state index contributed by atoms with van der Waals surface area (Å²) < 4.78 is 11.2. The lowest BCUT2D eigenvalue weighted by atomic mass is 9.99. The van der Waals surface area contributed by atoms with E-state index in [1.54, 1.807) is 0 Å². The van der Waals surface area contributed by atoms with E-state index in [-0.39, 0.29) is 12.5 Å². The molecule has 7 atom stereocenters.